The fraction of sp³-hybridized carbons (Fsp3) is 0.526. The molecule has 2 aromatic rings. The number of rotatable bonds is 5. The fourth-order valence-corrected chi connectivity index (χ4v) is 3.57. The minimum atomic E-state index is -0.759. The van der Waals surface area contributed by atoms with Gasteiger partial charge in [0.1, 0.15) is 0 Å². The van der Waals surface area contributed by atoms with Gasteiger partial charge in [-0.15, -0.1) is 12.4 Å². The maximum Gasteiger partial charge on any atom is 0.317 e. The van der Waals surface area contributed by atoms with E-state index in [9.17, 15) is 4.79 Å². The van der Waals surface area contributed by atoms with Gasteiger partial charge in [-0.3, -0.25) is 14.6 Å². The van der Waals surface area contributed by atoms with Crippen LogP contribution in [0.5, 0.6) is 0 Å². The summed E-state index contributed by atoms with van der Waals surface area (Å²) in [7, 11) is 1.91. The van der Waals surface area contributed by atoms with Gasteiger partial charge in [0.15, 0.2) is 0 Å². The predicted molar refractivity (Wildman–Crippen MR) is 105 cm³/mol. The summed E-state index contributed by atoms with van der Waals surface area (Å²) in [6, 6.07) is 8.31. The Kier molecular flexibility index (Phi) is 7.32. The molecule has 0 amide bonds. The van der Waals surface area contributed by atoms with Gasteiger partial charge in [-0.05, 0) is 51.9 Å². The van der Waals surface area contributed by atoms with Gasteiger partial charge in [0.2, 0.25) is 0 Å². The molecule has 142 valence electrons. The Morgan fingerprint density at radius 3 is 2.62 bits per heavy atom. The monoisotopic (exact) mass is 378 g/mol. The zero-order valence-corrected chi connectivity index (χ0v) is 16.2. The summed E-state index contributed by atoms with van der Waals surface area (Å²) in [6.45, 7) is 4.92. The highest BCUT2D eigenvalue weighted by Gasteiger charge is 2.22. The second-order valence-electron chi connectivity index (χ2n) is 6.91. The van der Waals surface area contributed by atoms with Crippen molar-refractivity contribution in [1.29, 1.82) is 0 Å². The largest absolute Gasteiger partial charge is 0.480 e. The Balaban J connectivity index is 0.00000243. The van der Waals surface area contributed by atoms with Crippen molar-refractivity contribution in [1.82, 2.24) is 19.8 Å². The number of likely N-dealkylation sites (N-methyl/N-ethyl adjacent to an activating group) is 1. The highest BCUT2D eigenvalue weighted by Crippen LogP contribution is 2.19. The van der Waals surface area contributed by atoms with Crippen molar-refractivity contribution in [2.24, 2.45) is 0 Å². The van der Waals surface area contributed by atoms with Gasteiger partial charge in [-0.1, -0.05) is 12.1 Å². The van der Waals surface area contributed by atoms with Gasteiger partial charge >= 0.3 is 5.97 Å². The molecule has 1 saturated heterocycles. The van der Waals surface area contributed by atoms with Crippen molar-refractivity contribution >= 4 is 29.4 Å². The Morgan fingerprint density at radius 1 is 1.23 bits per heavy atom. The molecule has 3 rings (SSSR count). The standard InChI is InChI=1S/C19H26N4O2.ClH/c1-14-18(21-17-8-4-3-7-16(17)20-14)12-23-10-5-6-15(9-11-23)22(2)13-19(24)25;/h3-4,7-8,15H,5-6,9-13H2,1-2H3,(H,24,25);1H. The number of para-hydroxylation sites is 2. The number of hydrogen-bond donors (Lipinski definition) is 1. The zero-order valence-electron chi connectivity index (χ0n) is 15.4. The van der Waals surface area contributed by atoms with Gasteiger partial charge in [-0.25, -0.2) is 9.97 Å². The number of nitrogens with zero attached hydrogens (tertiary/aromatic N) is 4. The number of carboxylic acids is 1. The fourth-order valence-electron chi connectivity index (χ4n) is 3.57. The lowest BCUT2D eigenvalue weighted by Crippen LogP contribution is -2.36. The lowest BCUT2D eigenvalue weighted by Gasteiger charge is -2.25. The third kappa shape index (κ3) is 5.13. The molecule has 0 bridgehead atoms. The van der Waals surface area contributed by atoms with Crippen LogP contribution in [0.1, 0.15) is 30.7 Å². The lowest BCUT2D eigenvalue weighted by atomic mass is 10.1. The van der Waals surface area contributed by atoms with E-state index in [4.69, 9.17) is 10.1 Å². The molecular formula is C19H27ClN4O2. The number of aliphatic carboxylic acids is 1. The van der Waals surface area contributed by atoms with Crippen LogP contribution in [0.4, 0.5) is 0 Å². The Hall–Kier alpha value is -1.76. The number of likely N-dealkylation sites (tertiary alicyclic amines) is 1. The minimum absolute atomic E-state index is 0. The van der Waals surface area contributed by atoms with Crippen LogP contribution in [-0.4, -0.2) is 63.6 Å². The summed E-state index contributed by atoms with van der Waals surface area (Å²) in [5.41, 5.74) is 3.91. The zero-order chi connectivity index (χ0) is 17.8. The van der Waals surface area contributed by atoms with Gasteiger partial charge in [-0.2, -0.15) is 0 Å². The van der Waals surface area contributed by atoms with E-state index in [1.807, 2.05) is 43.1 Å². The Bertz CT molecular complexity index is 755. The summed E-state index contributed by atoms with van der Waals surface area (Å²) in [5.74, 6) is -0.759. The van der Waals surface area contributed by atoms with E-state index >= 15 is 0 Å². The first kappa shape index (κ1) is 20.6. The van der Waals surface area contributed by atoms with Crippen molar-refractivity contribution in [2.75, 3.05) is 26.7 Å². The van der Waals surface area contributed by atoms with Crippen molar-refractivity contribution < 1.29 is 9.90 Å². The second kappa shape index (κ2) is 9.26. The SMILES string of the molecule is Cc1nc2ccccc2nc1CN1CCCC(N(C)CC(=O)O)CC1.Cl. The van der Waals surface area contributed by atoms with Crippen molar-refractivity contribution in [2.45, 2.75) is 38.8 Å². The molecule has 26 heavy (non-hydrogen) atoms. The summed E-state index contributed by atoms with van der Waals surface area (Å²) in [5, 5.41) is 8.98. The summed E-state index contributed by atoms with van der Waals surface area (Å²) in [6.07, 6.45) is 3.11. The lowest BCUT2D eigenvalue weighted by molar-refractivity contribution is -0.138. The van der Waals surface area contributed by atoms with Crippen LogP contribution in [0, 0.1) is 6.92 Å². The molecule has 1 aliphatic rings. The van der Waals surface area contributed by atoms with Crippen LogP contribution >= 0.6 is 12.4 Å². The van der Waals surface area contributed by atoms with Crippen LogP contribution in [0.25, 0.3) is 11.0 Å². The first-order valence-electron chi connectivity index (χ1n) is 8.89. The average Bonchev–Trinajstić information content (AvgIpc) is 2.80. The quantitative estimate of drug-likeness (QED) is 0.862. The smallest absolute Gasteiger partial charge is 0.317 e. The van der Waals surface area contributed by atoms with E-state index in [2.05, 4.69) is 9.88 Å². The molecule has 1 N–H and O–H groups in total. The van der Waals surface area contributed by atoms with Crippen molar-refractivity contribution in [3.8, 4) is 0 Å². The molecular weight excluding hydrogens is 352 g/mol. The van der Waals surface area contributed by atoms with Gasteiger partial charge in [0.05, 0.1) is 29.0 Å². The Labute approximate surface area is 160 Å². The Morgan fingerprint density at radius 2 is 1.92 bits per heavy atom. The van der Waals surface area contributed by atoms with Crippen molar-refractivity contribution in [3.05, 3.63) is 35.7 Å². The van der Waals surface area contributed by atoms with E-state index in [1.165, 1.54) is 0 Å². The van der Waals surface area contributed by atoms with Crippen LogP contribution < -0.4 is 0 Å². The molecule has 2 heterocycles. The van der Waals surface area contributed by atoms with Gasteiger partial charge in [0.25, 0.3) is 0 Å². The number of aromatic nitrogens is 2. The van der Waals surface area contributed by atoms with E-state index in [-0.39, 0.29) is 19.0 Å². The molecule has 0 aliphatic carbocycles. The number of halogens is 1. The summed E-state index contributed by atoms with van der Waals surface area (Å²) >= 11 is 0. The van der Waals surface area contributed by atoms with Gasteiger partial charge < -0.3 is 5.11 Å². The topological polar surface area (TPSA) is 69.6 Å². The molecule has 0 spiro atoms. The molecule has 7 heteroatoms. The van der Waals surface area contributed by atoms with Crippen molar-refractivity contribution in [3.63, 3.8) is 0 Å². The van der Waals surface area contributed by atoms with Gasteiger partial charge in [0, 0.05) is 19.1 Å². The van der Waals surface area contributed by atoms with E-state index < -0.39 is 5.97 Å². The molecule has 1 aromatic heterocycles. The maximum atomic E-state index is 10.9. The first-order valence-corrected chi connectivity index (χ1v) is 8.89. The number of fused-ring (bicyclic) bond motifs is 1. The third-order valence-electron chi connectivity index (χ3n) is 5.01. The van der Waals surface area contributed by atoms with Crippen LogP contribution in [0.2, 0.25) is 0 Å². The highest BCUT2D eigenvalue weighted by molar-refractivity contribution is 5.85. The molecule has 6 nitrogen and oxygen atoms in total. The summed E-state index contributed by atoms with van der Waals surface area (Å²) in [4.78, 5) is 24.8. The number of hydrogen-bond acceptors (Lipinski definition) is 5. The molecule has 1 atom stereocenters. The highest BCUT2D eigenvalue weighted by atomic mass is 35.5. The predicted octanol–water partition coefficient (Wildman–Crippen LogP) is 2.73. The minimum Gasteiger partial charge on any atom is -0.480 e. The van der Waals surface area contributed by atoms with E-state index in [0.29, 0.717) is 6.04 Å². The summed E-state index contributed by atoms with van der Waals surface area (Å²) < 4.78 is 0. The van der Waals surface area contributed by atoms with Crippen LogP contribution in [0.15, 0.2) is 24.3 Å². The maximum absolute atomic E-state index is 10.9. The molecule has 1 aromatic carbocycles. The number of benzene rings is 1. The second-order valence-corrected chi connectivity index (χ2v) is 6.91. The molecule has 1 unspecified atom stereocenters. The molecule has 1 aliphatic heterocycles. The van der Waals surface area contributed by atoms with Crippen LogP contribution in [0.3, 0.4) is 0 Å². The molecule has 1 fully saturated rings. The average molecular weight is 379 g/mol. The molecule has 0 saturated carbocycles. The third-order valence-corrected chi connectivity index (χ3v) is 5.01. The normalized spacial score (nSPS) is 18.5. The first-order chi connectivity index (χ1) is 12.0. The number of carbonyl (C=O) groups is 1. The van der Waals surface area contributed by atoms with E-state index in [0.717, 1.165) is 61.3 Å². The number of aryl methyl sites for hydroxylation is 1. The van der Waals surface area contributed by atoms with Crippen LogP contribution in [-0.2, 0) is 11.3 Å². The number of carboxylic acid groups (broad SMARTS) is 1. The van der Waals surface area contributed by atoms with E-state index in [1.54, 1.807) is 0 Å². The molecule has 0 radical (unpaired) electrons.